The molecular formula is C22H23ClN2O2S. The molecule has 28 heavy (non-hydrogen) atoms. The number of rotatable bonds is 7. The maximum atomic E-state index is 12.6. The standard InChI is InChI=1S/C22H23ClN2O2S/c1-3-13-25(14-4-2)22(27)15-9-11-16(12-10-15)24-21(26)20-19(23)17-7-5-6-8-18(17)28-20/h5-12H,3-4,13-14H2,1-2H3,(H,24,26). The first-order valence-corrected chi connectivity index (χ1v) is 10.6. The Morgan fingerprint density at radius 3 is 2.25 bits per heavy atom. The minimum Gasteiger partial charge on any atom is -0.339 e. The van der Waals surface area contributed by atoms with Gasteiger partial charge in [-0.2, -0.15) is 0 Å². The Kier molecular flexibility index (Phi) is 6.70. The molecule has 6 heteroatoms. The van der Waals surface area contributed by atoms with Crippen LogP contribution in [0.2, 0.25) is 5.02 Å². The molecule has 1 aromatic heterocycles. The van der Waals surface area contributed by atoms with Crippen molar-refractivity contribution in [2.75, 3.05) is 18.4 Å². The fourth-order valence-corrected chi connectivity index (χ4v) is 4.49. The molecule has 0 aliphatic rings. The minimum absolute atomic E-state index is 0.0223. The van der Waals surface area contributed by atoms with Gasteiger partial charge in [0, 0.05) is 34.4 Å². The van der Waals surface area contributed by atoms with E-state index in [1.807, 2.05) is 29.2 Å². The van der Waals surface area contributed by atoms with Crippen LogP contribution in [-0.4, -0.2) is 29.8 Å². The Morgan fingerprint density at radius 2 is 1.64 bits per heavy atom. The second-order valence-corrected chi connectivity index (χ2v) is 8.00. The molecule has 146 valence electrons. The van der Waals surface area contributed by atoms with Gasteiger partial charge < -0.3 is 10.2 Å². The normalized spacial score (nSPS) is 10.8. The average molecular weight is 415 g/mol. The number of anilines is 1. The number of amides is 2. The number of carbonyl (C=O) groups is 2. The SMILES string of the molecule is CCCN(CCC)C(=O)c1ccc(NC(=O)c2sc3ccccc3c2Cl)cc1. The smallest absolute Gasteiger partial charge is 0.267 e. The Bertz CT molecular complexity index is 976. The van der Waals surface area contributed by atoms with Crippen molar-refractivity contribution in [1.82, 2.24) is 4.90 Å². The molecule has 0 atom stereocenters. The molecule has 3 rings (SSSR count). The van der Waals surface area contributed by atoms with E-state index in [-0.39, 0.29) is 11.8 Å². The molecule has 4 nitrogen and oxygen atoms in total. The number of fused-ring (bicyclic) bond motifs is 1. The lowest BCUT2D eigenvalue weighted by Gasteiger charge is -2.21. The highest BCUT2D eigenvalue weighted by molar-refractivity contribution is 7.21. The first-order valence-electron chi connectivity index (χ1n) is 9.42. The maximum absolute atomic E-state index is 12.6. The van der Waals surface area contributed by atoms with E-state index in [1.165, 1.54) is 11.3 Å². The highest BCUT2D eigenvalue weighted by Crippen LogP contribution is 2.35. The van der Waals surface area contributed by atoms with Crippen LogP contribution in [0.4, 0.5) is 5.69 Å². The van der Waals surface area contributed by atoms with Crippen LogP contribution in [0.3, 0.4) is 0 Å². The van der Waals surface area contributed by atoms with Crippen molar-refractivity contribution >= 4 is 50.5 Å². The molecule has 2 amide bonds. The molecule has 0 aliphatic heterocycles. The third-order valence-corrected chi connectivity index (χ3v) is 6.08. The highest BCUT2D eigenvalue weighted by Gasteiger charge is 2.18. The van der Waals surface area contributed by atoms with Crippen LogP contribution in [0.25, 0.3) is 10.1 Å². The molecule has 0 fully saturated rings. The summed E-state index contributed by atoms with van der Waals surface area (Å²) in [4.78, 5) is 27.6. The van der Waals surface area contributed by atoms with Crippen molar-refractivity contribution in [2.24, 2.45) is 0 Å². The first-order chi connectivity index (χ1) is 13.5. The van der Waals surface area contributed by atoms with Crippen LogP contribution in [0, 0.1) is 0 Å². The fourth-order valence-electron chi connectivity index (χ4n) is 3.08. The van der Waals surface area contributed by atoms with Crippen molar-refractivity contribution in [2.45, 2.75) is 26.7 Å². The molecule has 0 spiro atoms. The van der Waals surface area contributed by atoms with Gasteiger partial charge in [-0.3, -0.25) is 9.59 Å². The summed E-state index contributed by atoms with van der Waals surface area (Å²) < 4.78 is 0.977. The average Bonchev–Trinajstić information content (AvgIpc) is 3.05. The predicted molar refractivity (Wildman–Crippen MR) is 118 cm³/mol. The van der Waals surface area contributed by atoms with Crippen LogP contribution >= 0.6 is 22.9 Å². The van der Waals surface area contributed by atoms with Gasteiger partial charge in [0.2, 0.25) is 0 Å². The zero-order valence-corrected chi connectivity index (χ0v) is 17.6. The molecular weight excluding hydrogens is 392 g/mol. The van der Waals surface area contributed by atoms with Gasteiger partial charge in [-0.05, 0) is 43.2 Å². The first kappa shape index (κ1) is 20.4. The van der Waals surface area contributed by atoms with Gasteiger partial charge in [0.1, 0.15) is 4.88 Å². The number of carbonyl (C=O) groups excluding carboxylic acids is 2. The van der Waals surface area contributed by atoms with Gasteiger partial charge in [0.15, 0.2) is 0 Å². The zero-order valence-electron chi connectivity index (χ0n) is 16.0. The van der Waals surface area contributed by atoms with Crippen LogP contribution in [-0.2, 0) is 0 Å². The lowest BCUT2D eigenvalue weighted by Crippen LogP contribution is -2.32. The summed E-state index contributed by atoms with van der Waals surface area (Å²) in [7, 11) is 0. The van der Waals surface area contributed by atoms with E-state index in [2.05, 4.69) is 19.2 Å². The Hall–Kier alpha value is -2.37. The van der Waals surface area contributed by atoms with Gasteiger partial charge in [0.25, 0.3) is 11.8 Å². The number of hydrogen-bond donors (Lipinski definition) is 1. The van der Waals surface area contributed by atoms with Crippen LogP contribution in [0.1, 0.15) is 46.7 Å². The highest BCUT2D eigenvalue weighted by atomic mass is 35.5. The Morgan fingerprint density at radius 1 is 1.00 bits per heavy atom. The van der Waals surface area contributed by atoms with Crippen molar-refractivity contribution in [1.29, 1.82) is 0 Å². The topological polar surface area (TPSA) is 49.4 Å². The van der Waals surface area contributed by atoms with Crippen LogP contribution in [0.5, 0.6) is 0 Å². The summed E-state index contributed by atoms with van der Waals surface area (Å²) >= 11 is 7.75. The Balaban J connectivity index is 1.73. The van der Waals surface area contributed by atoms with Gasteiger partial charge in [0.05, 0.1) is 5.02 Å². The van der Waals surface area contributed by atoms with E-state index in [9.17, 15) is 9.59 Å². The molecule has 1 heterocycles. The van der Waals surface area contributed by atoms with Crippen molar-refractivity contribution < 1.29 is 9.59 Å². The van der Waals surface area contributed by atoms with Crippen molar-refractivity contribution in [3.05, 3.63) is 64.0 Å². The molecule has 0 bridgehead atoms. The second kappa shape index (κ2) is 9.22. The number of hydrogen-bond acceptors (Lipinski definition) is 3. The predicted octanol–water partition coefficient (Wildman–Crippen LogP) is 6.07. The monoisotopic (exact) mass is 414 g/mol. The van der Waals surface area contributed by atoms with E-state index < -0.39 is 0 Å². The van der Waals surface area contributed by atoms with Gasteiger partial charge >= 0.3 is 0 Å². The van der Waals surface area contributed by atoms with Gasteiger partial charge in [-0.25, -0.2) is 0 Å². The molecule has 1 N–H and O–H groups in total. The quantitative estimate of drug-likeness (QED) is 0.510. The summed E-state index contributed by atoms with van der Waals surface area (Å²) in [6.45, 7) is 5.62. The van der Waals surface area contributed by atoms with E-state index in [0.717, 1.165) is 36.0 Å². The van der Waals surface area contributed by atoms with E-state index in [4.69, 9.17) is 11.6 Å². The largest absolute Gasteiger partial charge is 0.339 e. The molecule has 2 aromatic carbocycles. The van der Waals surface area contributed by atoms with Crippen LogP contribution in [0.15, 0.2) is 48.5 Å². The van der Waals surface area contributed by atoms with Crippen molar-refractivity contribution in [3.63, 3.8) is 0 Å². The number of halogens is 1. The molecule has 3 aromatic rings. The van der Waals surface area contributed by atoms with Gasteiger partial charge in [-0.15, -0.1) is 11.3 Å². The molecule has 0 unspecified atom stereocenters. The van der Waals surface area contributed by atoms with E-state index in [0.29, 0.717) is 21.2 Å². The minimum atomic E-state index is -0.246. The molecule has 0 aliphatic carbocycles. The van der Waals surface area contributed by atoms with E-state index in [1.54, 1.807) is 24.3 Å². The maximum Gasteiger partial charge on any atom is 0.267 e. The summed E-state index contributed by atoms with van der Waals surface area (Å²) in [6, 6.07) is 14.7. The third-order valence-electron chi connectivity index (χ3n) is 4.41. The third kappa shape index (κ3) is 4.37. The number of thiophene rings is 1. The van der Waals surface area contributed by atoms with Gasteiger partial charge in [-0.1, -0.05) is 43.6 Å². The lowest BCUT2D eigenvalue weighted by molar-refractivity contribution is 0.0755. The summed E-state index contributed by atoms with van der Waals surface area (Å²) in [5.74, 6) is -0.224. The number of nitrogens with zero attached hydrogens (tertiary/aromatic N) is 1. The summed E-state index contributed by atoms with van der Waals surface area (Å²) in [5.41, 5.74) is 1.26. The molecule has 0 saturated heterocycles. The number of benzene rings is 2. The van der Waals surface area contributed by atoms with Crippen molar-refractivity contribution in [3.8, 4) is 0 Å². The molecule has 0 saturated carbocycles. The Labute approximate surface area is 174 Å². The summed E-state index contributed by atoms with van der Waals surface area (Å²) in [5, 5.41) is 4.22. The number of nitrogens with one attached hydrogen (secondary N) is 1. The summed E-state index contributed by atoms with van der Waals surface area (Å²) in [6.07, 6.45) is 1.85. The fraction of sp³-hybridized carbons (Fsp3) is 0.273. The molecule has 0 radical (unpaired) electrons. The lowest BCUT2D eigenvalue weighted by atomic mass is 10.1. The zero-order chi connectivity index (χ0) is 20.1. The second-order valence-electron chi connectivity index (χ2n) is 6.57. The van der Waals surface area contributed by atoms with E-state index >= 15 is 0 Å². The van der Waals surface area contributed by atoms with Crippen LogP contribution < -0.4 is 5.32 Å².